The highest BCUT2D eigenvalue weighted by atomic mass is 16.5. The molecule has 2 aliphatic rings. The van der Waals surface area contributed by atoms with E-state index in [-0.39, 0.29) is 12.0 Å². The second-order valence-electron chi connectivity index (χ2n) is 5.74. The Morgan fingerprint density at radius 2 is 2.06 bits per heavy atom. The van der Waals surface area contributed by atoms with Crippen LogP contribution in [0.4, 0.5) is 0 Å². The van der Waals surface area contributed by atoms with Crippen molar-refractivity contribution < 1.29 is 9.53 Å². The van der Waals surface area contributed by atoms with Crippen molar-refractivity contribution in [3.05, 3.63) is 0 Å². The summed E-state index contributed by atoms with van der Waals surface area (Å²) in [6, 6.07) is 0.672. The maximum atomic E-state index is 12.0. The van der Waals surface area contributed by atoms with Crippen molar-refractivity contribution in [2.24, 2.45) is 5.92 Å². The van der Waals surface area contributed by atoms with Crippen molar-refractivity contribution in [2.75, 3.05) is 13.2 Å². The number of rotatable bonds is 4. The molecule has 2 fully saturated rings. The number of hydrogen-bond donors (Lipinski definition) is 0. The predicted octanol–water partition coefficient (Wildman–Crippen LogP) is 2.98. The predicted molar refractivity (Wildman–Crippen MR) is 72.4 cm³/mol. The van der Waals surface area contributed by atoms with E-state index < -0.39 is 0 Å². The van der Waals surface area contributed by atoms with Crippen LogP contribution in [0.15, 0.2) is 0 Å². The van der Waals surface area contributed by atoms with Crippen LogP contribution in [0.5, 0.6) is 0 Å². The molecule has 0 radical (unpaired) electrons. The monoisotopic (exact) mass is 253 g/mol. The largest absolute Gasteiger partial charge is 0.465 e. The molecule has 3 heteroatoms. The first-order valence-corrected chi connectivity index (χ1v) is 7.68. The highest BCUT2D eigenvalue weighted by Gasteiger charge is 2.37. The van der Waals surface area contributed by atoms with Gasteiger partial charge in [0.2, 0.25) is 0 Å². The van der Waals surface area contributed by atoms with E-state index in [0.29, 0.717) is 12.6 Å². The van der Waals surface area contributed by atoms with Crippen LogP contribution in [0.1, 0.15) is 58.8 Å². The highest BCUT2D eigenvalue weighted by Crippen LogP contribution is 2.33. The number of esters is 1. The fourth-order valence-electron chi connectivity index (χ4n) is 3.65. The zero-order valence-electron chi connectivity index (χ0n) is 11.9. The summed E-state index contributed by atoms with van der Waals surface area (Å²) in [4.78, 5) is 14.4. The molecule has 0 amide bonds. The smallest absolute Gasteiger partial charge is 0.323 e. The van der Waals surface area contributed by atoms with E-state index in [1.807, 2.05) is 6.92 Å². The summed E-state index contributed by atoms with van der Waals surface area (Å²) in [5.41, 5.74) is 0. The third-order valence-corrected chi connectivity index (χ3v) is 4.65. The lowest BCUT2D eigenvalue weighted by atomic mass is 9.83. The Bertz CT molecular complexity index is 280. The first kappa shape index (κ1) is 13.9. The van der Waals surface area contributed by atoms with Crippen LogP contribution < -0.4 is 0 Å². The van der Waals surface area contributed by atoms with Gasteiger partial charge in [-0.15, -0.1) is 0 Å². The highest BCUT2D eigenvalue weighted by molar-refractivity contribution is 5.76. The molecule has 0 aromatic carbocycles. The molecule has 18 heavy (non-hydrogen) atoms. The second kappa shape index (κ2) is 6.55. The van der Waals surface area contributed by atoms with Gasteiger partial charge in [-0.1, -0.05) is 26.2 Å². The van der Waals surface area contributed by atoms with Gasteiger partial charge in [-0.25, -0.2) is 0 Å². The van der Waals surface area contributed by atoms with Crippen LogP contribution in [0.25, 0.3) is 0 Å². The third-order valence-electron chi connectivity index (χ3n) is 4.65. The Kier molecular flexibility index (Phi) is 5.04. The Hall–Kier alpha value is -0.570. The summed E-state index contributed by atoms with van der Waals surface area (Å²) in [6.45, 7) is 5.78. The lowest BCUT2D eigenvalue weighted by molar-refractivity contribution is -0.149. The molecular weight excluding hydrogens is 226 g/mol. The van der Waals surface area contributed by atoms with Gasteiger partial charge in [0.15, 0.2) is 0 Å². The molecule has 0 aromatic heterocycles. The van der Waals surface area contributed by atoms with E-state index in [1.54, 1.807) is 0 Å². The molecule has 0 aromatic rings. The summed E-state index contributed by atoms with van der Waals surface area (Å²) >= 11 is 0. The van der Waals surface area contributed by atoms with Crippen molar-refractivity contribution >= 4 is 5.97 Å². The van der Waals surface area contributed by atoms with Gasteiger partial charge in [0, 0.05) is 6.04 Å². The van der Waals surface area contributed by atoms with Crippen molar-refractivity contribution in [2.45, 2.75) is 70.9 Å². The quantitative estimate of drug-likeness (QED) is 0.721. The van der Waals surface area contributed by atoms with Crippen molar-refractivity contribution in [3.8, 4) is 0 Å². The molecule has 1 aliphatic heterocycles. The topological polar surface area (TPSA) is 29.5 Å². The van der Waals surface area contributed by atoms with Crippen LogP contribution in [0.2, 0.25) is 0 Å². The maximum Gasteiger partial charge on any atom is 0.323 e. The van der Waals surface area contributed by atoms with Gasteiger partial charge >= 0.3 is 5.97 Å². The number of carbonyl (C=O) groups is 1. The summed E-state index contributed by atoms with van der Waals surface area (Å²) in [6.07, 6.45) is 8.69. The van der Waals surface area contributed by atoms with Gasteiger partial charge in [-0.3, -0.25) is 9.69 Å². The van der Waals surface area contributed by atoms with Gasteiger partial charge in [0.25, 0.3) is 0 Å². The molecule has 0 bridgehead atoms. The van der Waals surface area contributed by atoms with Crippen LogP contribution in [-0.2, 0) is 9.53 Å². The zero-order valence-corrected chi connectivity index (χ0v) is 11.9. The molecule has 1 saturated carbocycles. The van der Waals surface area contributed by atoms with E-state index in [0.717, 1.165) is 25.3 Å². The van der Waals surface area contributed by atoms with Crippen LogP contribution in [0, 0.1) is 5.92 Å². The van der Waals surface area contributed by atoms with Crippen molar-refractivity contribution in [3.63, 3.8) is 0 Å². The SMILES string of the molecule is CCOC(=O)C1CCCN1C1CCCC(CC)C1. The molecule has 1 saturated heterocycles. The van der Waals surface area contributed by atoms with Crippen molar-refractivity contribution in [1.82, 2.24) is 4.90 Å². The molecule has 1 aliphatic carbocycles. The van der Waals surface area contributed by atoms with Gasteiger partial charge in [-0.05, 0) is 45.1 Å². The number of ether oxygens (including phenoxy) is 1. The first-order chi connectivity index (χ1) is 8.76. The summed E-state index contributed by atoms with van der Waals surface area (Å²) in [7, 11) is 0. The molecule has 0 spiro atoms. The normalized spacial score (nSPS) is 33.6. The first-order valence-electron chi connectivity index (χ1n) is 7.68. The zero-order chi connectivity index (χ0) is 13.0. The minimum absolute atomic E-state index is 0.00798. The van der Waals surface area contributed by atoms with Gasteiger partial charge in [0.05, 0.1) is 6.61 Å². The molecule has 0 N–H and O–H groups in total. The molecular formula is C15H27NO2. The van der Waals surface area contributed by atoms with Crippen LogP contribution in [-0.4, -0.2) is 36.1 Å². The fourth-order valence-corrected chi connectivity index (χ4v) is 3.65. The number of likely N-dealkylation sites (tertiary alicyclic amines) is 1. The summed E-state index contributed by atoms with van der Waals surface area (Å²) in [5, 5.41) is 0. The molecule has 3 nitrogen and oxygen atoms in total. The Labute approximate surface area is 111 Å². The van der Waals surface area contributed by atoms with Gasteiger partial charge < -0.3 is 4.74 Å². The molecule has 2 rings (SSSR count). The maximum absolute atomic E-state index is 12.0. The molecule has 3 unspecified atom stereocenters. The Balaban J connectivity index is 1.95. The molecule has 1 heterocycles. The van der Waals surface area contributed by atoms with Gasteiger partial charge in [0.1, 0.15) is 6.04 Å². The van der Waals surface area contributed by atoms with E-state index >= 15 is 0 Å². The van der Waals surface area contributed by atoms with Crippen LogP contribution in [0.3, 0.4) is 0 Å². The average Bonchev–Trinajstić information content (AvgIpc) is 2.88. The lowest BCUT2D eigenvalue weighted by Crippen LogP contribution is -2.45. The number of carbonyl (C=O) groups excluding carboxylic acids is 1. The number of hydrogen-bond acceptors (Lipinski definition) is 3. The Morgan fingerprint density at radius 1 is 1.22 bits per heavy atom. The van der Waals surface area contributed by atoms with E-state index in [1.165, 1.54) is 32.1 Å². The fraction of sp³-hybridized carbons (Fsp3) is 0.933. The Morgan fingerprint density at radius 3 is 2.78 bits per heavy atom. The standard InChI is InChI=1S/C15H27NO2/c1-3-12-7-5-8-13(11-12)16-10-6-9-14(16)15(17)18-4-2/h12-14H,3-11H2,1-2H3. The van der Waals surface area contributed by atoms with Crippen molar-refractivity contribution in [1.29, 1.82) is 0 Å². The van der Waals surface area contributed by atoms with E-state index in [4.69, 9.17) is 4.74 Å². The summed E-state index contributed by atoms with van der Waals surface area (Å²) < 4.78 is 5.22. The summed E-state index contributed by atoms with van der Waals surface area (Å²) in [5.74, 6) is 0.876. The average molecular weight is 253 g/mol. The molecule has 104 valence electrons. The second-order valence-corrected chi connectivity index (χ2v) is 5.74. The number of nitrogens with zero attached hydrogens (tertiary/aromatic N) is 1. The van der Waals surface area contributed by atoms with E-state index in [9.17, 15) is 4.79 Å². The van der Waals surface area contributed by atoms with E-state index in [2.05, 4.69) is 11.8 Å². The van der Waals surface area contributed by atoms with Crippen LogP contribution >= 0.6 is 0 Å². The minimum atomic E-state index is 0.00798. The lowest BCUT2D eigenvalue weighted by Gasteiger charge is -2.37. The minimum Gasteiger partial charge on any atom is -0.465 e. The third kappa shape index (κ3) is 3.05. The van der Waals surface area contributed by atoms with Gasteiger partial charge in [-0.2, -0.15) is 0 Å². The molecule has 3 atom stereocenters.